The highest BCUT2D eigenvalue weighted by molar-refractivity contribution is 6.30. The van der Waals surface area contributed by atoms with E-state index in [1.807, 2.05) is 34.6 Å². The molecule has 0 saturated heterocycles. The fourth-order valence-electron chi connectivity index (χ4n) is 1.81. The van der Waals surface area contributed by atoms with Crippen LogP contribution in [0.15, 0.2) is 18.2 Å². The van der Waals surface area contributed by atoms with E-state index in [0.717, 1.165) is 5.56 Å². The summed E-state index contributed by atoms with van der Waals surface area (Å²) >= 11 is 6.18. The first-order valence-corrected chi connectivity index (χ1v) is 7.14. The molecule has 0 amide bonds. The molecule has 0 aliphatic carbocycles. The molecule has 3 nitrogen and oxygen atoms in total. The number of aryl methyl sites for hydroxylation is 1. The summed E-state index contributed by atoms with van der Waals surface area (Å²) in [6, 6.07) is 4.89. The van der Waals surface area contributed by atoms with Crippen LogP contribution in [0.5, 0.6) is 0 Å². The maximum Gasteiger partial charge on any atom is 0.146 e. The molecule has 0 unspecified atom stereocenters. The Morgan fingerprint density at radius 1 is 1.14 bits per heavy atom. The predicted octanol–water partition coefficient (Wildman–Crippen LogP) is 4.93. The Balaban J connectivity index is 2.49. The zero-order valence-corrected chi connectivity index (χ0v) is 13.6. The highest BCUT2D eigenvalue weighted by Gasteiger charge is 2.21. The summed E-state index contributed by atoms with van der Waals surface area (Å²) in [5.74, 6) is 0.824. The van der Waals surface area contributed by atoms with Gasteiger partial charge in [-0.25, -0.2) is 14.4 Å². The van der Waals surface area contributed by atoms with Crippen molar-refractivity contribution < 1.29 is 4.39 Å². The average molecular weight is 308 g/mol. The van der Waals surface area contributed by atoms with Crippen LogP contribution in [-0.4, -0.2) is 9.97 Å². The highest BCUT2D eigenvalue weighted by Crippen LogP contribution is 2.29. The third-order valence-corrected chi connectivity index (χ3v) is 3.50. The van der Waals surface area contributed by atoms with Gasteiger partial charge in [0.1, 0.15) is 22.6 Å². The second-order valence-corrected chi connectivity index (χ2v) is 6.53. The number of hydrogen-bond acceptors (Lipinski definition) is 3. The quantitative estimate of drug-likeness (QED) is 0.800. The van der Waals surface area contributed by atoms with Crippen LogP contribution < -0.4 is 5.32 Å². The molecule has 112 valence electrons. The lowest BCUT2D eigenvalue weighted by atomic mass is 9.95. The van der Waals surface area contributed by atoms with Crippen molar-refractivity contribution in [2.75, 3.05) is 5.32 Å². The van der Waals surface area contributed by atoms with Gasteiger partial charge in [-0.1, -0.05) is 38.4 Å². The first-order valence-electron chi connectivity index (χ1n) is 6.76. The largest absolute Gasteiger partial charge is 0.337 e. The van der Waals surface area contributed by atoms with E-state index in [4.69, 9.17) is 11.6 Å². The van der Waals surface area contributed by atoms with Crippen molar-refractivity contribution in [3.63, 3.8) is 0 Å². The zero-order chi connectivity index (χ0) is 15.8. The number of rotatable bonds is 2. The molecule has 0 spiro atoms. The van der Waals surface area contributed by atoms with Crippen molar-refractivity contribution in [2.45, 2.75) is 40.0 Å². The Hall–Kier alpha value is -1.68. The third-order valence-electron chi connectivity index (χ3n) is 3.13. The molecule has 2 rings (SSSR count). The summed E-state index contributed by atoms with van der Waals surface area (Å²) in [6.07, 6.45) is 0. The first kappa shape index (κ1) is 15.7. The number of aromatic nitrogens is 2. The first-order chi connectivity index (χ1) is 9.68. The fourth-order valence-corrected chi connectivity index (χ4v) is 1.98. The van der Waals surface area contributed by atoms with Crippen molar-refractivity contribution in [1.29, 1.82) is 0 Å². The maximum atomic E-state index is 13.9. The van der Waals surface area contributed by atoms with Gasteiger partial charge in [0.15, 0.2) is 0 Å². The Kier molecular flexibility index (Phi) is 4.19. The topological polar surface area (TPSA) is 37.8 Å². The van der Waals surface area contributed by atoms with Crippen molar-refractivity contribution in [3.8, 4) is 0 Å². The summed E-state index contributed by atoms with van der Waals surface area (Å²) in [5.41, 5.74) is 1.81. The van der Waals surface area contributed by atoms with E-state index in [-0.39, 0.29) is 11.2 Å². The van der Waals surface area contributed by atoms with Gasteiger partial charge in [-0.2, -0.15) is 0 Å². The van der Waals surface area contributed by atoms with E-state index in [1.165, 1.54) is 6.07 Å². The van der Waals surface area contributed by atoms with Gasteiger partial charge in [0.2, 0.25) is 0 Å². The number of halogens is 2. The molecule has 21 heavy (non-hydrogen) atoms. The lowest BCUT2D eigenvalue weighted by molar-refractivity contribution is 0.545. The van der Waals surface area contributed by atoms with Gasteiger partial charge in [0.05, 0.1) is 5.69 Å². The summed E-state index contributed by atoms with van der Waals surface area (Å²) in [7, 11) is 0. The minimum atomic E-state index is -0.327. The summed E-state index contributed by atoms with van der Waals surface area (Å²) in [6.45, 7) is 9.73. The third kappa shape index (κ3) is 3.50. The number of nitrogens with zero attached hydrogens (tertiary/aromatic N) is 2. The minimum absolute atomic E-state index is 0.237. The van der Waals surface area contributed by atoms with Crippen LogP contribution >= 0.6 is 11.6 Å². The van der Waals surface area contributed by atoms with Crippen LogP contribution in [0.3, 0.4) is 0 Å². The highest BCUT2D eigenvalue weighted by atomic mass is 35.5. The molecule has 0 aliphatic heterocycles. The van der Waals surface area contributed by atoms with Crippen LogP contribution in [-0.2, 0) is 5.41 Å². The van der Waals surface area contributed by atoms with Gasteiger partial charge < -0.3 is 5.32 Å². The molecule has 0 bridgehead atoms. The van der Waals surface area contributed by atoms with Gasteiger partial charge >= 0.3 is 0 Å². The van der Waals surface area contributed by atoms with E-state index in [9.17, 15) is 4.39 Å². The zero-order valence-electron chi connectivity index (χ0n) is 12.9. The van der Waals surface area contributed by atoms with Crippen molar-refractivity contribution in [2.24, 2.45) is 0 Å². The predicted molar refractivity (Wildman–Crippen MR) is 84.9 cm³/mol. The monoisotopic (exact) mass is 307 g/mol. The van der Waals surface area contributed by atoms with Gasteiger partial charge in [0, 0.05) is 11.0 Å². The Bertz CT molecular complexity index is 678. The van der Waals surface area contributed by atoms with Crippen molar-refractivity contribution in [3.05, 3.63) is 46.1 Å². The second-order valence-electron chi connectivity index (χ2n) is 6.17. The van der Waals surface area contributed by atoms with E-state index in [2.05, 4.69) is 15.3 Å². The molecule has 2 aromatic rings. The number of nitrogens with one attached hydrogen (secondary N) is 1. The summed E-state index contributed by atoms with van der Waals surface area (Å²) in [4.78, 5) is 8.80. The van der Waals surface area contributed by atoms with E-state index < -0.39 is 0 Å². The summed E-state index contributed by atoms with van der Waals surface area (Å²) in [5, 5.41) is 3.40. The Labute approximate surface area is 129 Å². The van der Waals surface area contributed by atoms with Crippen molar-refractivity contribution in [1.82, 2.24) is 9.97 Å². The summed E-state index contributed by atoms with van der Waals surface area (Å²) < 4.78 is 13.9. The minimum Gasteiger partial charge on any atom is -0.337 e. The Morgan fingerprint density at radius 3 is 2.43 bits per heavy atom. The van der Waals surface area contributed by atoms with Crippen LogP contribution in [0.25, 0.3) is 0 Å². The van der Waals surface area contributed by atoms with Crippen LogP contribution in [0.2, 0.25) is 5.15 Å². The van der Waals surface area contributed by atoms with Crippen molar-refractivity contribution >= 4 is 23.1 Å². The molecule has 0 radical (unpaired) electrons. The SMILES string of the molecule is Cc1ccc(F)c(Nc2nc(C(C)(C)C)nc(Cl)c2C)c1. The standard InChI is InChI=1S/C16H19ClFN3/c1-9-6-7-11(18)12(8-9)19-14-10(2)13(17)20-15(21-14)16(3,4)5/h6-8H,1-5H3,(H,19,20,21). The van der Waals surface area contributed by atoms with E-state index in [0.29, 0.717) is 28.0 Å². The molecule has 0 saturated carbocycles. The molecule has 1 aromatic heterocycles. The molecule has 0 fully saturated rings. The normalized spacial score (nSPS) is 11.6. The second kappa shape index (κ2) is 5.60. The number of hydrogen-bond donors (Lipinski definition) is 1. The fraction of sp³-hybridized carbons (Fsp3) is 0.375. The smallest absolute Gasteiger partial charge is 0.146 e. The molecular formula is C16H19ClFN3. The molecule has 5 heteroatoms. The van der Waals surface area contributed by atoms with Gasteiger partial charge in [-0.05, 0) is 31.5 Å². The molecule has 1 aromatic carbocycles. The Morgan fingerprint density at radius 2 is 1.81 bits per heavy atom. The number of benzene rings is 1. The molecule has 0 aliphatic rings. The van der Waals surface area contributed by atoms with E-state index in [1.54, 1.807) is 12.1 Å². The van der Waals surface area contributed by atoms with Crippen LogP contribution in [0.4, 0.5) is 15.9 Å². The maximum absolute atomic E-state index is 13.9. The molecule has 1 N–H and O–H groups in total. The average Bonchev–Trinajstić information content (AvgIpc) is 2.37. The van der Waals surface area contributed by atoms with Gasteiger partial charge in [-0.15, -0.1) is 0 Å². The molecule has 0 atom stereocenters. The molecule has 1 heterocycles. The van der Waals surface area contributed by atoms with Gasteiger partial charge in [0.25, 0.3) is 0 Å². The van der Waals surface area contributed by atoms with Gasteiger partial charge in [-0.3, -0.25) is 0 Å². The lowest BCUT2D eigenvalue weighted by Crippen LogP contribution is -2.17. The van der Waals surface area contributed by atoms with Crippen LogP contribution in [0, 0.1) is 19.7 Å². The van der Waals surface area contributed by atoms with E-state index >= 15 is 0 Å². The number of anilines is 2. The molecular weight excluding hydrogens is 289 g/mol. The van der Waals surface area contributed by atoms with Crippen LogP contribution in [0.1, 0.15) is 37.7 Å². The lowest BCUT2D eigenvalue weighted by Gasteiger charge is -2.19.